The van der Waals surface area contributed by atoms with Crippen molar-refractivity contribution >= 4 is 66.2 Å². The maximum absolute atomic E-state index is 15.8. The lowest BCUT2D eigenvalue weighted by Crippen LogP contribution is -2.31. The smallest absolute Gasteiger partial charge is 0.369 e. The molecule has 2 unspecified atom stereocenters. The number of nitrogens with zero attached hydrogens (tertiary/aromatic N) is 6. The number of fused-ring (bicyclic) bond motifs is 6. The van der Waals surface area contributed by atoms with Crippen molar-refractivity contribution in [1.82, 2.24) is 34.1 Å². The van der Waals surface area contributed by atoms with E-state index in [0.29, 0.717) is 16.7 Å². The first-order valence-electron chi connectivity index (χ1n) is 11.6. The minimum absolute atomic E-state index is 0.0493. The number of alkyl halides is 1. The average Bonchev–Trinajstić information content (AvgIpc) is 3.55. The van der Waals surface area contributed by atoms with Crippen molar-refractivity contribution in [3.63, 3.8) is 0 Å². The highest BCUT2D eigenvalue weighted by Gasteiger charge is 2.51. The van der Waals surface area contributed by atoms with Gasteiger partial charge in [-0.1, -0.05) is 24.5 Å². The Hall–Kier alpha value is -2.34. The number of H-pyrrole nitrogens is 1. The van der Waals surface area contributed by atoms with Crippen LogP contribution in [-0.2, 0) is 45.1 Å². The molecular weight excluding hydrogens is 613 g/mol. The molecule has 21 heteroatoms. The number of nitrogens with one attached hydrogen (secondary N) is 1. The van der Waals surface area contributed by atoms with E-state index in [1.165, 1.54) is 10.9 Å². The van der Waals surface area contributed by atoms with Crippen LogP contribution < -0.4 is 11.3 Å². The summed E-state index contributed by atoms with van der Waals surface area (Å²) < 4.78 is 72.6. The molecule has 2 bridgehead atoms. The molecule has 1 saturated heterocycles. The molecule has 0 aromatic carbocycles. The van der Waals surface area contributed by atoms with E-state index >= 15 is 4.39 Å². The predicted molar refractivity (Wildman–Crippen MR) is 144 cm³/mol. The molecule has 214 valence electrons. The van der Waals surface area contributed by atoms with E-state index in [1.807, 2.05) is 0 Å². The fourth-order valence-corrected chi connectivity index (χ4v) is 7.05. The van der Waals surface area contributed by atoms with Crippen LogP contribution in [0.15, 0.2) is 29.7 Å². The molecule has 0 spiro atoms. The van der Waals surface area contributed by atoms with Crippen LogP contribution in [0.4, 0.5) is 10.3 Å². The summed E-state index contributed by atoms with van der Waals surface area (Å²) in [7, 11) is 0. The van der Waals surface area contributed by atoms with Crippen LogP contribution >= 0.6 is 38.1 Å². The molecule has 2 aliphatic heterocycles. The van der Waals surface area contributed by atoms with Gasteiger partial charge in [-0.2, -0.15) is 4.98 Å². The Kier molecular flexibility index (Phi) is 7.29. The Morgan fingerprint density at radius 2 is 1.98 bits per heavy atom. The number of halogens is 1. The zero-order valence-electron chi connectivity index (χ0n) is 20.1. The fourth-order valence-electron chi connectivity index (χ4n) is 4.50. The molecule has 4 aromatic heterocycles. The highest BCUT2D eigenvalue weighted by atomic mass is 32.7. The summed E-state index contributed by atoms with van der Waals surface area (Å²) in [6, 6.07) is 1.69. The summed E-state index contributed by atoms with van der Waals surface area (Å²) in [5.41, 5.74) is 5.87. The van der Waals surface area contributed by atoms with Crippen molar-refractivity contribution in [2.45, 2.75) is 37.8 Å². The molecule has 4 aromatic rings. The molecular formula is C19H21FN8O8P2S2. The first kappa shape index (κ1) is 27.8. The Bertz CT molecular complexity index is 1750. The van der Waals surface area contributed by atoms with Crippen LogP contribution in [-0.4, -0.2) is 65.6 Å². The van der Waals surface area contributed by atoms with Gasteiger partial charge < -0.3 is 15.0 Å². The predicted octanol–water partition coefficient (Wildman–Crippen LogP) is 2.41. The lowest BCUT2D eigenvalue weighted by molar-refractivity contribution is -0.0444. The Balaban J connectivity index is 1.38. The monoisotopic (exact) mass is 634 g/mol. The van der Waals surface area contributed by atoms with Gasteiger partial charge in [-0.05, 0) is 6.07 Å². The minimum Gasteiger partial charge on any atom is -0.369 e. The lowest BCUT2D eigenvalue weighted by atomic mass is 10.1. The summed E-state index contributed by atoms with van der Waals surface area (Å²) in [6.07, 6.45) is -2.34. The number of nitrogens with two attached hydrogens (primary N) is 1. The Labute approximate surface area is 234 Å². The quantitative estimate of drug-likeness (QED) is 0.176. The van der Waals surface area contributed by atoms with Crippen molar-refractivity contribution in [1.29, 1.82) is 0 Å². The summed E-state index contributed by atoms with van der Waals surface area (Å²) in [6.45, 7) is -9.09. The van der Waals surface area contributed by atoms with Gasteiger partial charge >= 0.3 is 13.6 Å². The van der Waals surface area contributed by atoms with E-state index in [9.17, 15) is 13.9 Å². The number of anilines is 1. The van der Waals surface area contributed by atoms with Gasteiger partial charge in [0.05, 0.1) is 26.1 Å². The lowest BCUT2D eigenvalue weighted by Gasteiger charge is -2.24. The largest absolute Gasteiger partial charge is 0.387 e. The molecule has 6 heterocycles. The minimum atomic E-state index is -4.26. The van der Waals surface area contributed by atoms with Crippen molar-refractivity contribution < 1.29 is 36.4 Å². The fraction of sp³-hybridized carbons (Fsp3) is 0.421. The second-order valence-electron chi connectivity index (χ2n) is 8.78. The third-order valence-electron chi connectivity index (χ3n) is 6.23. The average molecular weight is 635 g/mol. The van der Waals surface area contributed by atoms with Gasteiger partial charge in [0.15, 0.2) is 23.6 Å². The maximum Gasteiger partial charge on any atom is 0.387 e. The summed E-state index contributed by atoms with van der Waals surface area (Å²) in [5.74, 6) is -0.225. The summed E-state index contributed by atoms with van der Waals surface area (Å²) >= 11 is 8.06. The number of thiol groups is 2. The first-order valence-corrected chi connectivity index (χ1v) is 17.0. The summed E-state index contributed by atoms with van der Waals surface area (Å²) in [5, 5.41) is 0.645. The van der Waals surface area contributed by atoms with E-state index in [4.69, 9.17) is 28.6 Å². The molecule has 2 aliphatic rings. The summed E-state index contributed by atoms with van der Waals surface area (Å²) in [4.78, 5) is 30.9. The molecule has 0 saturated carbocycles. The SMILES string of the molecule is Nc1nc2c(ncn2[C@@H]2O[C@@H]3COP(=O)(S)OCCn4c(cc5cncnc54)COP(=O)(S)O[C@@H]2[C@@H]3F)c(=O)[nH]1. The second-order valence-corrected chi connectivity index (χ2v) is 14.6. The Morgan fingerprint density at radius 1 is 1.15 bits per heavy atom. The van der Waals surface area contributed by atoms with Crippen molar-refractivity contribution in [3.8, 4) is 0 Å². The van der Waals surface area contributed by atoms with Gasteiger partial charge in [0, 0.05) is 23.8 Å². The molecule has 0 amide bonds. The topological polar surface area (TPSA) is 201 Å². The van der Waals surface area contributed by atoms with Gasteiger partial charge in [0.2, 0.25) is 5.95 Å². The maximum atomic E-state index is 15.8. The van der Waals surface area contributed by atoms with Crippen LogP contribution in [0.5, 0.6) is 0 Å². The van der Waals surface area contributed by atoms with Gasteiger partial charge in [-0.3, -0.25) is 32.4 Å². The number of aromatic amines is 1. The zero-order valence-corrected chi connectivity index (χ0v) is 23.7. The molecule has 6 atom stereocenters. The van der Waals surface area contributed by atoms with Gasteiger partial charge in [-0.25, -0.2) is 28.5 Å². The first-order chi connectivity index (χ1) is 19.0. The number of ether oxygens (including phenoxy) is 1. The molecule has 1 fully saturated rings. The van der Waals surface area contributed by atoms with E-state index in [-0.39, 0.29) is 36.9 Å². The number of hydrogen-bond acceptors (Lipinski definition) is 13. The van der Waals surface area contributed by atoms with Crippen molar-refractivity contribution in [3.05, 3.63) is 41.0 Å². The normalized spacial score (nSPS) is 32.1. The van der Waals surface area contributed by atoms with Crippen LogP contribution in [0.2, 0.25) is 0 Å². The van der Waals surface area contributed by atoms with Gasteiger partial charge in [-0.15, -0.1) is 0 Å². The molecule has 16 nitrogen and oxygen atoms in total. The van der Waals surface area contributed by atoms with E-state index in [2.05, 4.69) is 49.4 Å². The van der Waals surface area contributed by atoms with Crippen LogP contribution in [0.3, 0.4) is 0 Å². The highest BCUT2D eigenvalue weighted by molar-refractivity contribution is 8.44. The number of nitrogen functional groups attached to an aromatic ring is 1. The van der Waals surface area contributed by atoms with Crippen LogP contribution in [0.1, 0.15) is 11.9 Å². The molecule has 3 N–H and O–H groups in total. The zero-order chi connectivity index (χ0) is 28.2. The van der Waals surface area contributed by atoms with Crippen molar-refractivity contribution in [2.75, 3.05) is 18.9 Å². The van der Waals surface area contributed by atoms with Crippen LogP contribution in [0.25, 0.3) is 22.2 Å². The molecule has 6 rings (SSSR count). The van der Waals surface area contributed by atoms with E-state index < -0.39 is 50.4 Å². The van der Waals surface area contributed by atoms with E-state index in [1.54, 1.807) is 16.8 Å². The number of imidazole rings is 1. The molecule has 0 radical (unpaired) electrons. The van der Waals surface area contributed by atoms with E-state index in [0.717, 1.165) is 6.33 Å². The third-order valence-corrected chi connectivity index (χ3v) is 9.51. The number of rotatable bonds is 1. The Morgan fingerprint density at radius 3 is 2.80 bits per heavy atom. The third kappa shape index (κ3) is 5.33. The highest BCUT2D eigenvalue weighted by Crippen LogP contribution is 2.58. The molecule has 40 heavy (non-hydrogen) atoms. The van der Waals surface area contributed by atoms with Crippen molar-refractivity contribution in [2.24, 2.45) is 0 Å². The number of hydrogen-bond donors (Lipinski definition) is 4. The second kappa shape index (κ2) is 10.5. The van der Waals surface area contributed by atoms with Gasteiger partial charge in [0.25, 0.3) is 5.56 Å². The van der Waals surface area contributed by atoms with Crippen LogP contribution in [0, 0.1) is 0 Å². The standard InChI is InChI=1S/C19H21FN8O8P2S2/c20-12-11-6-34-37(30,39)32-2-1-27-10(3-9-4-22-7-23-15(9)27)5-33-38(31,40)36-14(12)18(35-11)28-8-24-13-16(28)25-19(21)26-17(13)29/h3-4,7-8,11-12,14,18H,1-2,5-6H2,(H,30,39)(H,31,40)(H3,21,25,26,29)/t11-,12-,14-,18-,37?,38?/m1/s1. The van der Waals surface area contributed by atoms with Gasteiger partial charge in [0.1, 0.15) is 24.2 Å². The number of aromatic nitrogens is 7. The molecule has 0 aliphatic carbocycles.